The van der Waals surface area contributed by atoms with Crippen molar-refractivity contribution >= 4 is 28.3 Å². The maximum atomic E-state index is 13.1. The zero-order valence-electron chi connectivity index (χ0n) is 11.8. The lowest BCUT2D eigenvalue weighted by molar-refractivity contribution is -0.164. The minimum absolute atomic E-state index is 0.136. The van der Waals surface area contributed by atoms with Crippen LogP contribution in [0.3, 0.4) is 0 Å². The summed E-state index contributed by atoms with van der Waals surface area (Å²) >= 11 is 5.84. The smallest absolute Gasteiger partial charge is 0.378 e. The Hall–Kier alpha value is -1.54. The molecule has 0 N–H and O–H groups in total. The Morgan fingerprint density at radius 2 is 2.00 bits per heavy atom. The molecule has 120 valence electrons. The molecule has 1 aliphatic heterocycles. The molecule has 1 saturated heterocycles. The van der Waals surface area contributed by atoms with E-state index < -0.39 is 12.2 Å². The summed E-state index contributed by atoms with van der Waals surface area (Å²) in [7, 11) is 0. The Kier molecular flexibility index (Phi) is 3.90. The number of hydrogen-bond acceptors (Lipinski definition) is 4. The summed E-state index contributed by atoms with van der Waals surface area (Å²) in [6, 6.07) is -0.334. The van der Waals surface area contributed by atoms with Crippen molar-refractivity contribution < 1.29 is 17.9 Å². The Morgan fingerprint density at radius 3 is 2.64 bits per heavy atom. The van der Waals surface area contributed by atoms with Crippen LogP contribution in [0.4, 0.5) is 19.0 Å². The Bertz CT molecular complexity index is 682. The maximum absolute atomic E-state index is 13.1. The van der Waals surface area contributed by atoms with E-state index in [1.54, 1.807) is 0 Å². The van der Waals surface area contributed by atoms with Crippen molar-refractivity contribution in [2.24, 2.45) is 0 Å². The normalized spacial score (nSPS) is 18.0. The van der Waals surface area contributed by atoms with Gasteiger partial charge in [0.15, 0.2) is 5.82 Å². The quantitative estimate of drug-likeness (QED) is 0.792. The zero-order valence-corrected chi connectivity index (χ0v) is 12.5. The first-order valence-electron chi connectivity index (χ1n) is 6.81. The number of alkyl halides is 3. The van der Waals surface area contributed by atoms with Crippen LogP contribution in [-0.4, -0.2) is 47.2 Å². The molecule has 2 aromatic heterocycles. The van der Waals surface area contributed by atoms with Gasteiger partial charge in [0.05, 0.1) is 24.1 Å². The van der Waals surface area contributed by atoms with Gasteiger partial charge in [0.1, 0.15) is 11.2 Å². The molecule has 0 saturated carbocycles. The fourth-order valence-electron chi connectivity index (χ4n) is 2.43. The molecule has 0 amide bonds. The predicted octanol–water partition coefficient (Wildman–Crippen LogP) is 3.04. The van der Waals surface area contributed by atoms with Gasteiger partial charge in [-0.3, -0.25) is 4.68 Å². The Morgan fingerprint density at radius 1 is 1.32 bits per heavy atom. The number of ether oxygens (including phenoxy) is 1. The third-order valence-electron chi connectivity index (χ3n) is 3.69. The van der Waals surface area contributed by atoms with Gasteiger partial charge in [-0.25, -0.2) is 4.98 Å². The van der Waals surface area contributed by atoms with E-state index in [9.17, 15) is 13.2 Å². The van der Waals surface area contributed by atoms with Gasteiger partial charge in [-0.15, -0.1) is 0 Å². The number of rotatable bonds is 2. The minimum Gasteiger partial charge on any atom is -0.378 e. The summed E-state index contributed by atoms with van der Waals surface area (Å²) in [5, 5.41) is 4.88. The number of halogens is 4. The van der Waals surface area contributed by atoms with Crippen molar-refractivity contribution in [1.82, 2.24) is 14.8 Å². The van der Waals surface area contributed by atoms with Gasteiger partial charge >= 0.3 is 6.18 Å². The number of morpholine rings is 1. The highest BCUT2D eigenvalue weighted by Gasteiger charge is 2.39. The molecule has 5 nitrogen and oxygen atoms in total. The molecule has 1 unspecified atom stereocenters. The van der Waals surface area contributed by atoms with Crippen LogP contribution in [-0.2, 0) is 4.74 Å². The molecule has 0 spiro atoms. The fraction of sp³-hybridized carbons (Fsp3) is 0.538. The minimum atomic E-state index is -4.39. The average Bonchev–Trinajstić information content (AvgIpc) is 2.85. The molecule has 0 aromatic carbocycles. The van der Waals surface area contributed by atoms with E-state index in [1.165, 1.54) is 12.3 Å². The second kappa shape index (κ2) is 5.58. The topological polar surface area (TPSA) is 43.2 Å². The number of pyridine rings is 1. The van der Waals surface area contributed by atoms with Crippen LogP contribution in [0.25, 0.3) is 10.9 Å². The molecule has 1 aliphatic rings. The largest absolute Gasteiger partial charge is 0.410 e. The van der Waals surface area contributed by atoms with Crippen molar-refractivity contribution in [2.45, 2.75) is 19.1 Å². The molecule has 9 heteroatoms. The van der Waals surface area contributed by atoms with E-state index in [0.717, 1.165) is 11.6 Å². The van der Waals surface area contributed by atoms with Gasteiger partial charge in [-0.2, -0.15) is 18.3 Å². The van der Waals surface area contributed by atoms with Crippen LogP contribution < -0.4 is 4.90 Å². The van der Waals surface area contributed by atoms with Gasteiger partial charge in [0, 0.05) is 25.4 Å². The van der Waals surface area contributed by atoms with E-state index >= 15 is 0 Å². The first kappa shape index (κ1) is 15.4. The Balaban J connectivity index is 2.13. The number of hydrogen-bond donors (Lipinski definition) is 0. The second-order valence-corrected chi connectivity index (χ2v) is 5.50. The van der Waals surface area contributed by atoms with Gasteiger partial charge in [0.2, 0.25) is 0 Å². The predicted molar refractivity (Wildman–Crippen MR) is 76.3 cm³/mol. The summed E-state index contributed by atoms with van der Waals surface area (Å²) in [5.74, 6) is 0.485. The van der Waals surface area contributed by atoms with Crippen LogP contribution in [0.2, 0.25) is 5.15 Å². The lowest BCUT2D eigenvalue weighted by atomic mass is 10.2. The number of nitrogens with zero attached hydrogens (tertiary/aromatic N) is 4. The summed E-state index contributed by atoms with van der Waals surface area (Å²) in [4.78, 5) is 5.87. The van der Waals surface area contributed by atoms with Crippen molar-refractivity contribution in [3.05, 3.63) is 17.4 Å². The third-order valence-corrected chi connectivity index (χ3v) is 3.90. The van der Waals surface area contributed by atoms with Crippen LogP contribution >= 0.6 is 11.6 Å². The maximum Gasteiger partial charge on any atom is 0.410 e. The molecule has 1 fully saturated rings. The van der Waals surface area contributed by atoms with Crippen LogP contribution in [0.5, 0.6) is 0 Å². The molecule has 3 rings (SSSR count). The monoisotopic (exact) mass is 334 g/mol. The summed E-state index contributed by atoms with van der Waals surface area (Å²) < 4.78 is 45.4. The Labute approximate surface area is 129 Å². The molecular formula is C13H14ClF3N4O. The van der Waals surface area contributed by atoms with Crippen molar-refractivity contribution in [3.8, 4) is 0 Å². The first-order chi connectivity index (χ1) is 10.4. The van der Waals surface area contributed by atoms with Crippen LogP contribution in [0, 0.1) is 0 Å². The molecule has 0 radical (unpaired) electrons. The van der Waals surface area contributed by atoms with Gasteiger partial charge in [-0.1, -0.05) is 11.6 Å². The molecule has 1 atom stereocenters. The second-order valence-electron chi connectivity index (χ2n) is 5.11. The lowest BCUT2D eigenvalue weighted by Crippen LogP contribution is -2.36. The van der Waals surface area contributed by atoms with E-state index in [-0.39, 0.29) is 5.15 Å². The van der Waals surface area contributed by atoms with Crippen LogP contribution in [0.1, 0.15) is 13.0 Å². The molecule has 3 heterocycles. The molecule has 22 heavy (non-hydrogen) atoms. The van der Waals surface area contributed by atoms with E-state index in [2.05, 4.69) is 10.1 Å². The van der Waals surface area contributed by atoms with Crippen molar-refractivity contribution in [1.29, 1.82) is 0 Å². The summed E-state index contributed by atoms with van der Waals surface area (Å²) in [6.07, 6.45) is -2.92. The highest BCUT2D eigenvalue weighted by molar-refractivity contribution is 6.30. The zero-order chi connectivity index (χ0) is 15.9. The van der Waals surface area contributed by atoms with Crippen molar-refractivity contribution in [3.63, 3.8) is 0 Å². The molecule has 0 aliphatic carbocycles. The van der Waals surface area contributed by atoms with Gasteiger partial charge in [-0.05, 0) is 6.92 Å². The number of fused-ring (bicyclic) bond motifs is 1. The lowest BCUT2D eigenvalue weighted by Gasteiger charge is -2.27. The third kappa shape index (κ3) is 2.72. The highest BCUT2D eigenvalue weighted by Crippen LogP contribution is 2.35. The fourth-order valence-corrected chi connectivity index (χ4v) is 2.59. The van der Waals surface area contributed by atoms with Gasteiger partial charge < -0.3 is 9.64 Å². The van der Waals surface area contributed by atoms with E-state index in [0.29, 0.717) is 43.0 Å². The first-order valence-corrected chi connectivity index (χ1v) is 7.19. The molecule has 2 aromatic rings. The molecule has 0 bridgehead atoms. The number of aromatic nitrogens is 3. The SMILES string of the molecule is CC(n1nc(N2CCOCC2)c2cnc(Cl)cc21)C(F)(F)F. The van der Waals surface area contributed by atoms with E-state index in [1.807, 2.05) is 4.90 Å². The highest BCUT2D eigenvalue weighted by atomic mass is 35.5. The van der Waals surface area contributed by atoms with Gasteiger partial charge in [0.25, 0.3) is 0 Å². The van der Waals surface area contributed by atoms with Crippen molar-refractivity contribution in [2.75, 3.05) is 31.2 Å². The summed E-state index contributed by atoms with van der Waals surface area (Å²) in [6.45, 7) is 3.27. The summed E-state index contributed by atoms with van der Waals surface area (Å²) in [5.41, 5.74) is 0.325. The van der Waals surface area contributed by atoms with E-state index in [4.69, 9.17) is 16.3 Å². The standard InChI is InChI=1S/C13H14ClF3N4O/c1-8(13(15,16)17)21-10-6-11(14)18-7-9(10)12(19-21)20-2-4-22-5-3-20/h6-8H,2-5H2,1H3. The number of anilines is 1. The molecular weight excluding hydrogens is 321 g/mol. The average molecular weight is 335 g/mol. The van der Waals surface area contributed by atoms with Crippen LogP contribution in [0.15, 0.2) is 12.3 Å².